The maximum atomic E-state index is 15.8. The molecule has 67 heavy (non-hydrogen) atoms. The quantitative estimate of drug-likeness (QED) is 0.112. The minimum Gasteiger partial charge on any atom is -0.372 e. The number of pyridine rings is 1. The van der Waals surface area contributed by atoms with E-state index in [1.807, 2.05) is 29.0 Å². The molecule has 3 N–H and O–H groups in total. The third kappa shape index (κ3) is 8.63. The third-order valence-corrected chi connectivity index (χ3v) is 15.5. The van der Waals surface area contributed by atoms with Crippen LogP contribution in [0.2, 0.25) is 0 Å². The summed E-state index contributed by atoms with van der Waals surface area (Å²) in [6, 6.07) is 17.1. The minimum atomic E-state index is -4.36. The van der Waals surface area contributed by atoms with E-state index < -0.39 is 57.0 Å². The number of H-pyrrole nitrogens is 1. The summed E-state index contributed by atoms with van der Waals surface area (Å²) in [4.78, 5) is 67.4. The van der Waals surface area contributed by atoms with Gasteiger partial charge in [-0.05, 0) is 98.2 Å². The van der Waals surface area contributed by atoms with E-state index in [4.69, 9.17) is 0 Å². The lowest BCUT2D eigenvalue weighted by atomic mass is 9.94. The second kappa shape index (κ2) is 17.7. The predicted octanol–water partition coefficient (Wildman–Crippen LogP) is 5.63. The zero-order valence-corrected chi connectivity index (χ0v) is 37.6. The van der Waals surface area contributed by atoms with Crippen molar-refractivity contribution in [1.29, 1.82) is 0 Å². The fourth-order valence-electron chi connectivity index (χ4n) is 10.4. The maximum Gasteiger partial charge on any atom is 0.301 e. The molecule has 3 atom stereocenters. The van der Waals surface area contributed by atoms with Gasteiger partial charge < -0.3 is 19.7 Å². The third-order valence-electron chi connectivity index (χ3n) is 14.0. The number of piperidine rings is 2. The number of hydrogen-bond donors (Lipinski definition) is 3. The summed E-state index contributed by atoms with van der Waals surface area (Å²) in [6.07, 6.45) is 4.30. The van der Waals surface area contributed by atoms with Gasteiger partial charge in [-0.15, -0.1) is 0 Å². The molecule has 3 amide bonds. The maximum absolute atomic E-state index is 15.8. The molecule has 0 bridgehead atoms. The lowest BCUT2D eigenvalue weighted by Gasteiger charge is -2.43. The molecule has 15 nitrogen and oxygen atoms in total. The number of carbonyl (C=O) groups excluding carboxylic acids is 4. The zero-order valence-electron chi connectivity index (χ0n) is 36.8. The van der Waals surface area contributed by atoms with E-state index in [2.05, 4.69) is 55.1 Å². The van der Waals surface area contributed by atoms with Crippen molar-refractivity contribution in [2.45, 2.75) is 63.8 Å². The number of benzene rings is 3. The zero-order chi connectivity index (χ0) is 46.7. The number of amides is 3. The van der Waals surface area contributed by atoms with Gasteiger partial charge in [0.25, 0.3) is 5.91 Å². The monoisotopic (exact) mass is 937 g/mol. The van der Waals surface area contributed by atoms with Gasteiger partial charge in [0.15, 0.2) is 5.82 Å². The van der Waals surface area contributed by atoms with Gasteiger partial charge >= 0.3 is 10.2 Å². The average Bonchev–Trinajstić information content (AvgIpc) is 4.04. The highest BCUT2D eigenvalue weighted by Gasteiger charge is 2.40. The topological polar surface area (TPSA) is 171 Å². The van der Waals surface area contributed by atoms with Crippen LogP contribution in [0.3, 0.4) is 0 Å². The number of anilines is 3. The molecule has 5 aliphatic rings. The Morgan fingerprint density at radius 1 is 0.866 bits per heavy atom. The molecule has 5 aliphatic heterocycles. The summed E-state index contributed by atoms with van der Waals surface area (Å²) in [7, 11) is -4.36. The van der Waals surface area contributed by atoms with Crippen LogP contribution in [0.25, 0.3) is 22.2 Å². The number of aromatic nitrogens is 2. The first-order valence-corrected chi connectivity index (χ1v) is 24.2. The number of rotatable bonds is 11. The largest absolute Gasteiger partial charge is 0.372 e. The van der Waals surface area contributed by atoms with Gasteiger partial charge in [-0.3, -0.25) is 34.1 Å². The van der Waals surface area contributed by atoms with Crippen molar-refractivity contribution in [2.75, 3.05) is 66.9 Å². The molecule has 5 aromatic rings. The second-order valence-electron chi connectivity index (χ2n) is 18.3. The summed E-state index contributed by atoms with van der Waals surface area (Å²) in [5, 5.41) is 2.70. The van der Waals surface area contributed by atoms with E-state index in [1.54, 1.807) is 17.2 Å². The van der Waals surface area contributed by atoms with Crippen LogP contribution >= 0.6 is 0 Å². The van der Waals surface area contributed by atoms with Gasteiger partial charge in [-0.1, -0.05) is 12.1 Å². The predicted molar refractivity (Wildman–Crippen MR) is 246 cm³/mol. The highest BCUT2D eigenvalue weighted by atomic mass is 32.2. The Labute approximate surface area is 385 Å². The Balaban J connectivity index is 0.742. The van der Waals surface area contributed by atoms with E-state index in [1.165, 1.54) is 6.20 Å². The van der Waals surface area contributed by atoms with Crippen molar-refractivity contribution in [2.24, 2.45) is 5.92 Å². The molecule has 0 spiro atoms. The summed E-state index contributed by atoms with van der Waals surface area (Å²) in [5.41, 5.74) is 3.91. The minimum absolute atomic E-state index is 0.00265. The molecular formula is C48H50F3N9O6S. The normalized spacial score (nSPS) is 22.2. The summed E-state index contributed by atoms with van der Waals surface area (Å²) in [6.45, 7) is 7.67. The number of hydrogen-bond acceptors (Lipinski definition) is 10. The van der Waals surface area contributed by atoms with Gasteiger partial charge in [0.2, 0.25) is 17.6 Å². The molecule has 0 saturated carbocycles. The molecule has 7 heterocycles. The van der Waals surface area contributed by atoms with Crippen molar-refractivity contribution < 1.29 is 40.8 Å². The number of piperazine rings is 1. The molecule has 350 valence electrons. The Morgan fingerprint density at radius 3 is 2.37 bits per heavy atom. The second-order valence-corrected chi connectivity index (χ2v) is 20.0. The summed E-state index contributed by atoms with van der Waals surface area (Å²) >= 11 is 0. The number of ketones is 1. The molecule has 1 unspecified atom stereocenters. The molecule has 0 radical (unpaired) electrons. The Kier molecular flexibility index (Phi) is 11.8. The van der Waals surface area contributed by atoms with Crippen LogP contribution in [-0.2, 0) is 26.3 Å². The van der Waals surface area contributed by atoms with Crippen LogP contribution in [0.5, 0.6) is 0 Å². The molecule has 19 heteroatoms. The first-order valence-electron chi connectivity index (χ1n) is 22.7. The fraction of sp³-hybridized carbons (Fsp3) is 0.396. The number of carbonyl (C=O) groups is 4. The highest BCUT2D eigenvalue weighted by molar-refractivity contribution is 7.90. The van der Waals surface area contributed by atoms with E-state index in [0.29, 0.717) is 41.0 Å². The van der Waals surface area contributed by atoms with Gasteiger partial charge in [-0.25, -0.2) is 18.2 Å². The Bertz CT molecular complexity index is 2910. The lowest BCUT2D eigenvalue weighted by molar-refractivity contribution is -0.136. The van der Waals surface area contributed by atoms with Gasteiger partial charge in [0.05, 0.1) is 11.3 Å². The first kappa shape index (κ1) is 44.5. The number of imide groups is 1. The van der Waals surface area contributed by atoms with Gasteiger partial charge in [0, 0.05) is 117 Å². The van der Waals surface area contributed by atoms with Crippen molar-refractivity contribution in [3.8, 4) is 11.1 Å². The molecular weight excluding hydrogens is 888 g/mol. The van der Waals surface area contributed by atoms with Crippen LogP contribution in [0, 0.1) is 17.6 Å². The molecule has 0 aliphatic carbocycles. The number of nitrogens with zero attached hydrogens (tertiary/aromatic N) is 6. The smallest absolute Gasteiger partial charge is 0.301 e. The molecule has 4 saturated heterocycles. The highest BCUT2D eigenvalue weighted by Crippen LogP contribution is 2.35. The summed E-state index contributed by atoms with van der Waals surface area (Å²) < 4.78 is 73.2. The molecule has 4 fully saturated rings. The van der Waals surface area contributed by atoms with Crippen LogP contribution in [0.1, 0.15) is 70.9 Å². The van der Waals surface area contributed by atoms with Crippen LogP contribution in [-0.4, -0.2) is 127 Å². The first-order chi connectivity index (χ1) is 32.2. The van der Waals surface area contributed by atoms with E-state index in [9.17, 15) is 32.0 Å². The van der Waals surface area contributed by atoms with Gasteiger partial charge in [0.1, 0.15) is 23.7 Å². The van der Waals surface area contributed by atoms with Crippen molar-refractivity contribution in [3.05, 3.63) is 107 Å². The van der Waals surface area contributed by atoms with Crippen LogP contribution in [0.4, 0.5) is 30.2 Å². The van der Waals surface area contributed by atoms with Crippen LogP contribution in [0.15, 0.2) is 73.1 Å². The number of aromatic amines is 1. The van der Waals surface area contributed by atoms with E-state index >= 15 is 8.78 Å². The number of halogens is 3. The number of fused-ring (bicyclic) bond motifs is 2. The molecule has 3 aromatic carbocycles. The average molecular weight is 938 g/mol. The van der Waals surface area contributed by atoms with Crippen molar-refractivity contribution in [1.82, 2.24) is 29.4 Å². The van der Waals surface area contributed by atoms with E-state index in [-0.39, 0.29) is 49.4 Å². The Hall–Kier alpha value is -6.31. The van der Waals surface area contributed by atoms with Gasteiger partial charge in [-0.2, -0.15) is 12.7 Å². The number of alkyl halides is 1. The molecule has 10 rings (SSSR count). The lowest BCUT2D eigenvalue weighted by Crippen LogP contribution is -2.53. The van der Waals surface area contributed by atoms with Crippen molar-refractivity contribution in [3.63, 3.8) is 0 Å². The fourth-order valence-corrected chi connectivity index (χ4v) is 11.6. The van der Waals surface area contributed by atoms with Crippen LogP contribution < -0.4 is 19.8 Å². The summed E-state index contributed by atoms with van der Waals surface area (Å²) in [5.74, 6) is -3.86. The van der Waals surface area contributed by atoms with Crippen molar-refractivity contribution >= 4 is 61.8 Å². The Morgan fingerprint density at radius 2 is 1.64 bits per heavy atom. The molecule has 2 aromatic heterocycles. The standard InChI is InChI=1S/C48H50F3N9O6S/c1-28-24-56(25-29-12-15-57(16-13-29)35-6-7-36-32(20-35)26-60(48(36)64)41-10-11-42(61)54-47(41)63)18-19-59(28)34-4-2-30(3-5-34)31-21-37-38(23-53-46(37)52-22-31)45(62)43-39(50)8-9-40(44(43)51)55-67(65,66)58-17-14-33(49)27-58/h2-9,20-23,28-29,33,41,55H,10-19,24-27H2,1H3,(H,52,53)(H,54,61,63)/t28-,33+,41?/m0/s1. The number of nitrogens with one attached hydrogen (secondary N) is 3. The SMILES string of the molecule is C[C@H]1CN(CC2CCN(c3ccc4c(c3)CN(C3CCC(=O)NC3=O)C4=O)CC2)CCN1c1ccc(-c2cnc3[nH]cc(C(=O)c4c(F)ccc(NS(=O)(=O)N5CC[C@@H](F)C5)c4F)c3c2)cc1. The van der Waals surface area contributed by atoms with E-state index in [0.717, 1.165) is 91.0 Å².